The van der Waals surface area contributed by atoms with Crippen molar-refractivity contribution >= 4 is 0 Å². The quantitative estimate of drug-likeness (QED) is 0.835. The predicted octanol–water partition coefficient (Wildman–Crippen LogP) is 3.28. The third-order valence-corrected chi connectivity index (χ3v) is 3.04. The van der Waals surface area contributed by atoms with Crippen LogP contribution in [0.3, 0.4) is 0 Å². The first-order chi connectivity index (χ1) is 9.48. The van der Waals surface area contributed by atoms with Crippen molar-refractivity contribution in [1.29, 1.82) is 0 Å². The number of rotatable bonds is 7. The SMILES string of the molecule is COc1ccc(CNC2CC2)cc1OCCC(F)(F)F. The van der Waals surface area contributed by atoms with Gasteiger partial charge in [-0.25, -0.2) is 0 Å². The molecule has 0 spiro atoms. The summed E-state index contributed by atoms with van der Waals surface area (Å²) in [5.74, 6) is 0.800. The molecule has 0 aromatic heterocycles. The van der Waals surface area contributed by atoms with Crippen molar-refractivity contribution in [2.45, 2.75) is 38.0 Å². The molecular formula is C14H18F3NO2. The Balaban J connectivity index is 1.94. The monoisotopic (exact) mass is 289 g/mol. The van der Waals surface area contributed by atoms with Gasteiger partial charge in [-0.15, -0.1) is 0 Å². The van der Waals surface area contributed by atoms with Gasteiger partial charge in [-0.05, 0) is 30.5 Å². The van der Waals surface area contributed by atoms with Crippen LogP contribution in [0, 0.1) is 0 Å². The molecule has 1 aliphatic carbocycles. The largest absolute Gasteiger partial charge is 0.493 e. The molecule has 0 bridgehead atoms. The molecule has 0 radical (unpaired) electrons. The van der Waals surface area contributed by atoms with Gasteiger partial charge in [0.25, 0.3) is 0 Å². The van der Waals surface area contributed by atoms with Crippen molar-refractivity contribution in [2.75, 3.05) is 13.7 Å². The fourth-order valence-corrected chi connectivity index (χ4v) is 1.77. The number of hydrogen-bond acceptors (Lipinski definition) is 3. The van der Waals surface area contributed by atoms with Crippen molar-refractivity contribution in [2.24, 2.45) is 0 Å². The topological polar surface area (TPSA) is 30.5 Å². The average molecular weight is 289 g/mol. The summed E-state index contributed by atoms with van der Waals surface area (Å²) in [5, 5.41) is 3.34. The van der Waals surface area contributed by atoms with E-state index >= 15 is 0 Å². The minimum atomic E-state index is -4.21. The van der Waals surface area contributed by atoms with Crippen LogP contribution in [0.25, 0.3) is 0 Å². The Morgan fingerprint density at radius 3 is 2.60 bits per heavy atom. The van der Waals surface area contributed by atoms with E-state index in [1.165, 1.54) is 20.0 Å². The summed E-state index contributed by atoms with van der Waals surface area (Å²) in [6.07, 6.45) is -2.81. The Morgan fingerprint density at radius 1 is 1.25 bits per heavy atom. The zero-order valence-corrected chi connectivity index (χ0v) is 11.3. The number of nitrogens with one attached hydrogen (secondary N) is 1. The second-order valence-corrected chi connectivity index (χ2v) is 4.85. The molecule has 1 aromatic rings. The Kier molecular flexibility index (Phi) is 4.75. The smallest absolute Gasteiger partial charge is 0.392 e. The van der Waals surface area contributed by atoms with E-state index in [4.69, 9.17) is 9.47 Å². The van der Waals surface area contributed by atoms with Gasteiger partial charge in [0.05, 0.1) is 20.1 Å². The Labute approximate surface area is 116 Å². The number of methoxy groups -OCH3 is 1. The maximum Gasteiger partial charge on any atom is 0.392 e. The van der Waals surface area contributed by atoms with Crippen molar-refractivity contribution < 1.29 is 22.6 Å². The summed E-state index contributed by atoms with van der Waals surface area (Å²) in [5.41, 5.74) is 0.972. The molecule has 6 heteroatoms. The summed E-state index contributed by atoms with van der Waals surface area (Å²) >= 11 is 0. The van der Waals surface area contributed by atoms with Gasteiger partial charge in [0.2, 0.25) is 0 Å². The minimum absolute atomic E-state index is 0.354. The number of hydrogen-bond donors (Lipinski definition) is 1. The molecule has 1 fully saturated rings. The zero-order chi connectivity index (χ0) is 14.6. The zero-order valence-electron chi connectivity index (χ0n) is 11.3. The lowest BCUT2D eigenvalue weighted by molar-refractivity contribution is -0.139. The lowest BCUT2D eigenvalue weighted by Crippen LogP contribution is -2.16. The maximum absolute atomic E-state index is 12.1. The van der Waals surface area contributed by atoms with Gasteiger partial charge in [-0.2, -0.15) is 13.2 Å². The van der Waals surface area contributed by atoms with Crippen molar-refractivity contribution in [3.8, 4) is 11.5 Å². The normalized spacial score (nSPS) is 15.2. The standard InChI is InChI=1S/C14H18F3NO2/c1-19-12-5-2-10(9-18-11-3-4-11)8-13(12)20-7-6-14(15,16)17/h2,5,8,11,18H,3-4,6-7,9H2,1H3. The highest BCUT2D eigenvalue weighted by atomic mass is 19.4. The van der Waals surface area contributed by atoms with Crippen LogP contribution in [-0.4, -0.2) is 25.9 Å². The molecule has 0 unspecified atom stereocenters. The molecule has 20 heavy (non-hydrogen) atoms. The van der Waals surface area contributed by atoms with E-state index in [1.54, 1.807) is 12.1 Å². The molecule has 0 atom stereocenters. The molecule has 0 amide bonds. The van der Waals surface area contributed by atoms with E-state index in [2.05, 4.69) is 5.32 Å². The summed E-state index contributed by atoms with van der Waals surface area (Å²) in [7, 11) is 1.47. The fraction of sp³-hybridized carbons (Fsp3) is 0.571. The first kappa shape index (κ1) is 15.0. The van der Waals surface area contributed by atoms with Gasteiger partial charge < -0.3 is 14.8 Å². The molecule has 2 rings (SSSR count). The number of halogens is 3. The third kappa shape index (κ3) is 4.92. The van der Waals surface area contributed by atoms with E-state index in [-0.39, 0.29) is 0 Å². The molecule has 1 aliphatic rings. The first-order valence-corrected chi connectivity index (χ1v) is 6.58. The van der Waals surface area contributed by atoms with E-state index in [0.29, 0.717) is 24.1 Å². The summed E-state index contributed by atoms with van der Waals surface area (Å²) in [6, 6.07) is 5.90. The number of ether oxygens (including phenoxy) is 2. The highest BCUT2D eigenvalue weighted by Gasteiger charge is 2.27. The van der Waals surface area contributed by atoms with E-state index < -0.39 is 19.2 Å². The summed E-state index contributed by atoms with van der Waals surface area (Å²) in [4.78, 5) is 0. The van der Waals surface area contributed by atoms with Gasteiger partial charge in [-0.3, -0.25) is 0 Å². The summed E-state index contributed by atoms with van der Waals surface area (Å²) < 4.78 is 46.6. The molecule has 0 saturated heterocycles. The third-order valence-electron chi connectivity index (χ3n) is 3.04. The summed E-state index contributed by atoms with van der Waals surface area (Å²) in [6.45, 7) is 0.281. The van der Waals surface area contributed by atoms with Crippen LogP contribution in [0.15, 0.2) is 18.2 Å². The van der Waals surface area contributed by atoms with Crippen LogP contribution >= 0.6 is 0 Å². The van der Waals surface area contributed by atoms with Gasteiger partial charge in [0.1, 0.15) is 0 Å². The van der Waals surface area contributed by atoms with E-state index in [9.17, 15) is 13.2 Å². The second kappa shape index (κ2) is 6.35. The Bertz CT molecular complexity index is 445. The Hall–Kier alpha value is -1.43. The van der Waals surface area contributed by atoms with Crippen LogP contribution in [0.2, 0.25) is 0 Å². The highest BCUT2D eigenvalue weighted by molar-refractivity contribution is 5.43. The van der Waals surface area contributed by atoms with Crippen LogP contribution in [-0.2, 0) is 6.54 Å². The molecule has 1 saturated carbocycles. The van der Waals surface area contributed by atoms with Crippen molar-refractivity contribution in [3.63, 3.8) is 0 Å². The van der Waals surface area contributed by atoms with E-state index in [1.807, 2.05) is 6.07 Å². The van der Waals surface area contributed by atoms with Crippen molar-refractivity contribution in [3.05, 3.63) is 23.8 Å². The van der Waals surface area contributed by atoms with Gasteiger partial charge >= 0.3 is 6.18 Å². The second-order valence-electron chi connectivity index (χ2n) is 4.85. The number of alkyl halides is 3. The van der Waals surface area contributed by atoms with Gasteiger partial charge in [0.15, 0.2) is 11.5 Å². The molecular weight excluding hydrogens is 271 g/mol. The fourth-order valence-electron chi connectivity index (χ4n) is 1.77. The Morgan fingerprint density at radius 2 is 2.00 bits per heavy atom. The molecule has 1 aromatic carbocycles. The maximum atomic E-state index is 12.1. The molecule has 112 valence electrons. The van der Waals surface area contributed by atoms with E-state index in [0.717, 1.165) is 5.56 Å². The van der Waals surface area contributed by atoms with Gasteiger partial charge in [-0.1, -0.05) is 6.07 Å². The van der Waals surface area contributed by atoms with Crippen LogP contribution < -0.4 is 14.8 Å². The molecule has 1 N–H and O–H groups in total. The minimum Gasteiger partial charge on any atom is -0.493 e. The predicted molar refractivity (Wildman–Crippen MR) is 69.0 cm³/mol. The van der Waals surface area contributed by atoms with Crippen molar-refractivity contribution in [1.82, 2.24) is 5.32 Å². The van der Waals surface area contributed by atoms with Gasteiger partial charge in [0, 0.05) is 12.6 Å². The average Bonchev–Trinajstić information content (AvgIpc) is 3.19. The molecule has 0 heterocycles. The number of benzene rings is 1. The lowest BCUT2D eigenvalue weighted by atomic mass is 10.2. The molecule has 0 aliphatic heterocycles. The van der Waals surface area contributed by atoms with Crippen LogP contribution in [0.4, 0.5) is 13.2 Å². The highest BCUT2D eigenvalue weighted by Crippen LogP contribution is 2.30. The lowest BCUT2D eigenvalue weighted by Gasteiger charge is -2.13. The first-order valence-electron chi connectivity index (χ1n) is 6.58. The van der Waals surface area contributed by atoms with Crippen LogP contribution in [0.5, 0.6) is 11.5 Å². The van der Waals surface area contributed by atoms with Crippen LogP contribution in [0.1, 0.15) is 24.8 Å². The molecule has 3 nitrogen and oxygen atoms in total.